The third kappa shape index (κ3) is 3.77. The summed E-state index contributed by atoms with van der Waals surface area (Å²) < 4.78 is 0. The van der Waals surface area contributed by atoms with E-state index in [1.807, 2.05) is 56.3 Å². The fourth-order valence-corrected chi connectivity index (χ4v) is 5.81. The fourth-order valence-electron chi connectivity index (χ4n) is 5.81. The van der Waals surface area contributed by atoms with Crippen LogP contribution in [0.4, 0.5) is 10.5 Å². The Balaban J connectivity index is 1.24. The molecule has 7 nitrogen and oxygen atoms in total. The molecule has 7 heteroatoms. The van der Waals surface area contributed by atoms with Crippen molar-refractivity contribution in [2.45, 2.75) is 44.7 Å². The third-order valence-electron chi connectivity index (χ3n) is 7.92. The van der Waals surface area contributed by atoms with Crippen molar-refractivity contribution < 1.29 is 14.4 Å². The van der Waals surface area contributed by atoms with Crippen molar-refractivity contribution in [2.75, 3.05) is 11.4 Å². The maximum atomic E-state index is 13.9. The van der Waals surface area contributed by atoms with Crippen molar-refractivity contribution in [1.82, 2.24) is 15.2 Å². The number of carbonyl (C=O) groups excluding carboxylic acids is 3. The van der Waals surface area contributed by atoms with E-state index in [2.05, 4.69) is 22.4 Å². The van der Waals surface area contributed by atoms with Gasteiger partial charge in [-0.25, -0.2) is 9.69 Å². The van der Waals surface area contributed by atoms with Crippen LogP contribution < -0.4 is 10.2 Å². The third-order valence-corrected chi connectivity index (χ3v) is 7.92. The minimum Gasteiger partial charge on any atom is -0.356 e. The predicted molar refractivity (Wildman–Crippen MR) is 147 cm³/mol. The van der Waals surface area contributed by atoms with Gasteiger partial charge in [0.15, 0.2) is 5.54 Å². The molecule has 2 aliphatic heterocycles. The van der Waals surface area contributed by atoms with Crippen molar-refractivity contribution in [3.63, 3.8) is 0 Å². The standard InChI is InChI=1S/C31H30N4O3/c1-20(15-16-21-9-4-3-5-10-21)32-28(36)22-11-8-12-23(19-22)35-29(37)31(2)27-25(17-18-34(31)30(35)38)24-13-6-7-14-26(24)33-27/h3-14,19-20,33H,15-18H2,1-2H3,(H,32,36). The Hall–Kier alpha value is -4.39. The van der Waals surface area contributed by atoms with Crippen LogP contribution in [0.15, 0.2) is 78.9 Å². The predicted octanol–water partition coefficient (Wildman–Crippen LogP) is 5.16. The number of nitrogens with one attached hydrogen (secondary N) is 2. The number of imide groups is 1. The molecule has 2 aliphatic rings. The number of fused-ring (bicyclic) bond motifs is 5. The number of aromatic nitrogens is 1. The number of carbonyl (C=O) groups is 3. The van der Waals surface area contributed by atoms with Crippen LogP contribution in [0.2, 0.25) is 0 Å². The van der Waals surface area contributed by atoms with Crippen molar-refractivity contribution in [3.8, 4) is 0 Å². The molecule has 1 aromatic heterocycles. The summed E-state index contributed by atoms with van der Waals surface area (Å²) in [6, 6.07) is 24.5. The van der Waals surface area contributed by atoms with Gasteiger partial charge in [-0.05, 0) is 68.5 Å². The molecule has 0 saturated carbocycles. The summed E-state index contributed by atoms with van der Waals surface area (Å²) in [6.07, 6.45) is 2.34. The second-order valence-corrected chi connectivity index (χ2v) is 10.4. The first kappa shape index (κ1) is 24.0. The lowest BCUT2D eigenvalue weighted by molar-refractivity contribution is -0.125. The van der Waals surface area contributed by atoms with Gasteiger partial charge in [-0.15, -0.1) is 0 Å². The summed E-state index contributed by atoms with van der Waals surface area (Å²) in [6.45, 7) is 4.24. The van der Waals surface area contributed by atoms with Gasteiger partial charge in [-0.1, -0.05) is 54.6 Å². The van der Waals surface area contributed by atoms with E-state index < -0.39 is 5.54 Å². The van der Waals surface area contributed by atoms with Gasteiger partial charge in [-0.3, -0.25) is 9.59 Å². The van der Waals surface area contributed by atoms with Crippen molar-refractivity contribution in [2.24, 2.45) is 0 Å². The summed E-state index contributed by atoms with van der Waals surface area (Å²) >= 11 is 0. The number of nitrogens with zero attached hydrogens (tertiary/aromatic N) is 2. The van der Waals surface area contributed by atoms with Crippen LogP contribution in [-0.2, 0) is 23.2 Å². The number of rotatable bonds is 6. The number of aryl methyl sites for hydroxylation is 1. The summed E-state index contributed by atoms with van der Waals surface area (Å²) in [5, 5.41) is 4.13. The van der Waals surface area contributed by atoms with Gasteiger partial charge < -0.3 is 15.2 Å². The smallest absolute Gasteiger partial charge is 0.332 e. The maximum Gasteiger partial charge on any atom is 0.332 e. The summed E-state index contributed by atoms with van der Waals surface area (Å²) in [5.74, 6) is -0.544. The Labute approximate surface area is 221 Å². The molecule has 0 radical (unpaired) electrons. The van der Waals surface area contributed by atoms with E-state index in [9.17, 15) is 14.4 Å². The molecule has 192 valence electrons. The van der Waals surface area contributed by atoms with Gasteiger partial charge in [0.25, 0.3) is 11.8 Å². The first-order valence-electron chi connectivity index (χ1n) is 13.1. The van der Waals surface area contributed by atoms with E-state index in [-0.39, 0.29) is 23.9 Å². The summed E-state index contributed by atoms with van der Waals surface area (Å²) in [4.78, 5) is 46.9. The molecule has 4 aromatic rings. The molecule has 3 aromatic carbocycles. The molecule has 4 amide bonds. The zero-order chi connectivity index (χ0) is 26.4. The number of hydrogen-bond donors (Lipinski definition) is 2. The highest BCUT2D eigenvalue weighted by molar-refractivity contribution is 6.24. The molecule has 1 saturated heterocycles. The van der Waals surface area contributed by atoms with E-state index in [0.717, 1.165) is 35.0 Å². The van der Waals surface area contributed by atoms with Gasteiger partial charge >= 0.3 is 6.03 Å². The van der Waals surface area contributed by atoms with E-state index in [1.54, 1.807) is 29.2 Å². The van der Waals surface area contributed by atoms with Gasteiger partial charge in [0.1, 0.15) is 0 Å². The second-order valence-electron chi connectivity index (χ2n) is 10.4. The molecule has 6 rings (SSSR count). The molecule has 2 unspecified atom stereocenters. The Morgan fingerprint density at radius 1 is 1.03 bits per heavy atom. The highest BCUT2D eigenvalue weighted by Gasteiger charge is 2.59. The van der Waals surface area contributed by atoms with Crippen LogP contribution in [0.25, 0.3) is 10.9 Å². The number of hydrogen-bond acceptors (Lipinski definition) is 3. The van der Waals surface area contributed by atoms with Crippen LogP contribution >= 0.6 is 0 Å². The highest BCUT2D eigenvalue weighted by atomic mass is 16.2. The summed E-state index contributed by atoms with van der Waals surface area (Å²) in [7, 11) is 0. The Morgan fingerprint density at radius 2 is 1.79 bits per heavy atom. The number of amides is 4. The molecule has 38 heavy (non-hydrogen) atoms. The average molecular weight is 507 g/mol. The van der Waals surface area contributed by atoms with E-state index in [0.29, 0.717) is 24.2 Å². The Kier molecular flexibility index (Phi) is 5.79. The first-order chi connectivity index (χ1) is 18.4. The van der Waals surface area contributed by atoms with Crippen molar-refractivity contribution in [3.05, 3.63) is 101 Å². The topological polar surface area (TPSA) is 85.5 Å². The number of urea groups is 1. The second kappa shape index (κ2) is 9.17. The van der Waals surface area contributed by atoms with Crippen LogP contribution in [0.5, 0.6) is 0 Å². The Bertz CT molecular complexity index is 1560. The van der Waals surface area contributed by atoms with Gasteiger partial charge in [0.05, 0.1) is 11.4 Å². The Morgan fingerprint density at radius 3 is 2.61 bits per heavy atom. The van der Waals surface area contributed by atoms with E-state index in [1.165, 1.54) is 10.5 Å². The van der Waals surface area contributed by atoms with Crippen LogP contribution in [-0.4, -0.2) is 40.3 Å². The quantitative estimate of drug-likeness (QED) is 0.354. The molecule has 3 heterocycles. The summed E-state index contributed by atoms with van der Waals surface area (Å²) in [5.41, 5.74) is 3.72. The monoisotopic (exact) mass is 506 g/mol. The molecular weight excluding hydrogens is 476 g/mol. The molecule has 2 atom stereocenters. The van der Waals surface area contributed by atoms with Gasteiger partial charge in [0.2, 0.25) is 0 Å². The molecular formula is C31H30N4O3. The molecule has 0 aliphatic carbocycles. The van der Waals surface area contributed by atoms with E-state index in [4.69, 9.17) is 0 Å². The molecule has 1 fully saturated rings. The zero-order valence-corrected chi connectivity index (χ0v) is 21.5. The lowest BCUT2D eigenvalue weighted by Gasteiger charge is -2.35. The van der Waals surface area contributed by atoms with Crippen LogP contribution in [0.3, 0.4) is 0 Å². The first-order valence-corrected chi connectivity index (χ1v) is 13.1. The molecule has 0 bridgehead atoms. The largest absolute Gasteiger partial charge is 0.356 e. The molecule has 0 spiro atoms. The zero-order valence-electron chi connectivity index (χ0n) is 21.5. The van der Waals surface area contributed by atoms with Crippen LogP contribution in [0.1, 0.15) is 47.4 Å². The number of para-hydroxylation sites is 1. The highest BCUT2D eigenvalue weighted by Crippen LogP contribution is 2.45. The fraction of sp³-hybridized carbons (Fsp3) is 0.258. The van der Waals surface area contributed by atoms with Crippen molar-refractivity contribution >= 4 is 34.4 Å². The van der Waals surface area contributed by atoms with Crippen molar-refractivity contribution in [1.29, 1.82) is 0 Å². The minimum absolute atomic E-state index is 0.0327. The molecule has 2 N–H and O–H groups in total. The van der Waals surface area contributed by atoms with E-state index >= 15 is 0 Å². The van der Waals surface area contributed by atoms with Crippen LogP contribution in [0, 0.1) is 0 Å². The average Bonchev–Trinajstić information content (AvgIpc) is 3.41. The number of aromatic amines is 1. The lowest BCUT2D eigenvalue weighted by Crippen LogP contribution is -2.49. The number of anilines is 1. The van der Waals surface area contributed by atoms with Gasteiger partial charge in [0, 0.05) is 29.1 Å². The SMILES string of the molecule is CC(CCc1ccccc1)NC(=O)c1cccc(N2C(=O)N3CCc4c([nH]c5ccccc45)C3(C)C2=O)c1. The normalized spacial score (nSPS) is 19.4. The maximum absolute atomic E-state index is 13.9. The minimum atomic E-state index is -1.13. The van der Waals surface area contributed by atoms with Gasteiger partial charge in [-0.2, -0.15) is 0 Å². The lowest BCUT2D eigenvalue weighted by atomic mass is 9.87. The number of H-pyrrole nitrogens is 1. The number of benzene rings is 3.